The monoisotopic (exact) mass is 421 g/mol. The molecule has 2 saturated heterocycles. The molecule has 2 fully saturated rings. The molecular formula is C24H27N3O4. The van der Waals surface area contributed by atoms with Crippen molar-refractivity contribution in [1.29, 1.82) is 0 Å². The predicted octanol–water partition coefficient (Wildman–Crippen LogP) is 1.57. The molecule has 2 aliphatic rings. The van der Waals surface area contributed by atoms with Crippen molar-refractivity contribution in [3.63, 3.8) is 0 Å². The van der Waals surface area contributed by atoms with Crippen LogP contribution in [0.1, 0.15) is 28.8 Å². The molecule has 2 aromatic carbocycles. The van der Waals surface area contributed by atoms with Gasteiger partial charge in [-0.05, 0) is 28.8 Å². The lowest BCUT2D eigenvalue weighted by Gasteiger charge is -2.58. The molecule has 2 aliphatic heterocycles. The summed E-state index contributed by atoms with van der Waals surface area (Å²) in [6.45, 7) is 1.95. The van der Waals surface area contributed by atoms with E-state index in [0.29, 0.717) is 12.1 Å². The number of nitrogens with zero attached hydrogens (tertiary/aromatic N) is 3. The van der Waals surface area contributed by atoms with Crippen LogP contribution in [0.15, 0.2) is 48.5 Å². The van der Waals surface area contributed by atoms with Gasteiger partial charge in [-0.15, -0.1) is 0 Å². The molecule has 0 aromatic heterocycles. The molecule has 0 aliphatic carbocycles. The standard InChI is InChI=1S/C24H27N3O4/c1-15(29)26-12-20-23(21(14-28)27(20)22(30)13-26)18-8-4-16(5-9-18)17-6-10-19(11-7-17)24(31)25(2)3/h4-11,20-21,23,28H,12-14H2,1-3H3/t20-,21-,23-/m0/s1. The summed E-state index contributed by atoms with van der Waals surface area (Å²) in [5.74, 6) is -0.255. The van der Waals surface area contributed by atoms with Crippen LogP contribution in [-0.2, 0) is 9.59 Å². The van der Waals surface area contributed by atoms with E-state index in [9.17, 15) is 19.5 Å². The van der Waals surface area contributed by atoms with Gasteiger partial charge in [-0.3, -0.25) is 14.4 Å². The van der Waals surface area contributed by atoms with Gasteiger partial charge in [0.1, 0.15) is 0 Å². The van der Waals surface area contributed by atoms with Crippen LogP contribution in [0.3, 0.4) is 0 Å². The Labute approximate surface area is 181 Å². The number of aliphatic hydroxyl groups excluding tert-OH is 1. The van der Waals surface area contributed by atoms with E-state index in [1.54, 1.807) is 28.8 Å². The number of hydrogen-bond acceptors (Lipinski definition) is 4. The lowest BCUT2D eigenvalue weighted by molar-refractivity contribution is -0.166. The van der Waals surface area contributed by atoms with Crippen LogP contribution in [0.2, 0.25) is 0 Å². The summed E-state index contributed by atoms with van der Waals surface area (Å²) in [4.78, 5) is 41.2. The Hall–Kier alpha value is -3.19. The Morgan fingerprint density at radius 3 is 2.13 bits per heavy atom. The minimum absolute atomic E-state index is 0.00904. The number of rotatable bonds is 4. The van der Waals surface area contributed by atoms with E-state index < -0.39 is 0 Å². The number of benzene rings is 2. The van der Waals surface area contributed by atoms with Crippen molar-refractivity contribution in [2.24, 2.45) is 0 Å². The summed E-state index contributed by atoms with van der Waals surface area (Å²) in [6.07, 6.45) is 0. The molecule has 2 heterocycles. The molecule has 0 saturated carbocycles. The number of amides is 3. The predicted molar refractivity (Wildman–Crippen MR) is 116 cm³/mol. The average molecular weight is 421 g/mol. The molecule has 0 bridgehead atoms. The second-order valence-electron chi connectivity index (χ2n) is 8.44. The smallest absolute Gasteiger partial charge is 0.253 e. The first-order chi connectivity index (χ1) is 14.8. The first-order valence-corrected chi connectivity index (χ1v) is 10.4. The maximum absolute atomic E-state index is 12.5. The molecule has 4 rings (SSSR count). The molecule has 7 nitrogen and oxygen atoms in total. The highest BCUT2D eigenvalue weighted by molar-refractivity contribution is 5.94. The molecule has 0 unspecified atom stereocenters. The number of hydrogen-bond donors (Lipinski definition) is 1. The topological polar surface area (TPSA) is 81.2 Å². The molecule has 7 heteroatoms. The second kappa shape index (κ2) is 8.15. The van der Waals surface area contributed by atoms with E-state index in [0.717, 1.165) is 16.7 Å². The molecule has 0 radical (unpaired) electrons. The maximum atomic E-state index is 12.5. The van der Waals surface area contributed by atoms with Crippen LogP contribution in [0.4, 0.5) is 0 Å². The molecule has 3 amide bonds. The highest BCUT2D eigenvalue weighted by Gasteiger charge is 2.54. The summed E-state index contributed by atoms with van der Waals surface area (Å²) in [6, 6.07) is 15.2. The summed E-state index contributed by atoms with van der Waals surface area (Å²) in [7, 11) is 3.46. The zero-order chi connectivity index (χ0) is 22.3. The van der Waals surface area contributed by atoms with Crippen molar-refractivity contribution in [3.05, 3.63) is 59.7 Å². The quantitative estimate of drug-likeness (QED) is 0.813. The third kappa shape index (κ3) is 3.70. The van der Waals surface area contributed by atoms with Gasteiger partial charge in [0.05, 0.1) is 25.2 Å². The summed E-state index contributed by atoms with van der Waals surface area (Å²) >= 11 is 0. The lowest BCUT2D eigenvalue weighted by atomic mass is 9.73. The Balaban J connectivity index is 1.54. The summed E-state index contributed by atoms with van der Waals surface area (Å²) in [5, 5.41) is 9.89. The Morgan fingerprint density at radius 1 is 1.03 bits per heavy atom. The van der Waals surface area contributed by atoms with Gasteiger partial charge in [-0.25, -0.2) is 0 Å². The zero-order valence-electron chi connectivity index (χ0n) is 18.0. The van der Waals surface area contributed by atoms with Crippen LogP contribution in [0.25, 0.3) is 11.1 Å². The van der Waals surface area contributed by atoms with Gasteiger partial charge >= 0.3 is 0 Å². The van der Waals surface area contributed by atoms with Crippen molar-refractivity contribution >= 4 is 17.7 Å². The molecule has 31 heavy (non-hydrogen) atoms. The van der Waals surface area contributed by atoms with Crippen molar-refractivity contribution in [2.45, 2.75) is 24.9 Å². The Kier molecular flexibility index (Phi) is 5.54. The lowest BCUT2D eigenvalue weighted by Crippen LogP contribution is -2.73. The van der Waals surface area contributed by atoms with Gasteiger partial charge < -0.3 is 19.8 Å². The van der Waals surface area contributed by atoms with Crippen LogP contribution in [0, 0.1) is 0 Å². The third-order valence-electron chi connectivity index (χ3n) is 6.36. The van der Waals surface area contributed by atoms with Gasteiger partial charge in [0.25, 0.3) is 5.91 Å². The number of aliphatic hydroxyl groups is 1. The molecule has 1 N–H and O–H groups in total. The first kappa shape index (κ1) is 21.1. The van der Waals surface area contributed by atoms with Crippen LogP contribution in [-0.4, -0.2) is 83.4 Å². The van der Waals surface area contributed by atoms with E-state index >= 15 is 0 Å². The van der Waals surface area contributed by atoms with Crippen LogP contribution in [0.5, 0.6) is 0 Å². The van der Waals surface area contributed by atoms with E-state index in [1.165, 1.54) is 6.92 Å². The number of piperazine rings is 1. The van der Waals surface area contributed by atoms with Crippen LogP contribution < -0.4 is 0 Å². The summed E-state index contributed by atoms with van der Waals surface area (Å²) in [5.41, 5.74) is 3.71. The van der Waals surface area contributed by atoms with Crippen molar-refractivity contribution in [3.8, 4) is 11.1 Å². The number of fused-ring (bicyclic) bond motifs is 1. The number of carbonyl (C=O) groups is 3. The molecular weight excluding hydrogens is 394 g/mol. The van der Waals surface area contributed by atoms with E-state index in [2.05, 4.69) is 0 Å². The van der Waals surface area contributed by atoms with E-state index in [1.807, 2.05) is 48.5 Å². The van der Waals surface area contributed by atoms with Gasteiger partial charge in [0.2, 0.25) is 11.8 Å². The molecule has 2 aromatic rings. The SMILES string of the molecule is CC(=O)N1CC(=O)N2[C@@H](CO)[C@@H](c3ccc(-c4ccc(C(=O)N(C)C)cc4)cc3)[C@@H]2C1. The van der Waals surface area contributed by atoms with Crippen molar-refractivity contribution < 1.29 is 19.5 Å². The summed E-state index contributed by atoms with van der Waals surface area (Å²) < 4.78 is 0. The normalized spacial score (nSPS) is 22.6. The molecule has 162 valence electrons. The fraction of sp³-hybridized carbons (Fsp3) is 0.375. The van der Waals surface area contributed by atoms with E-state index in [4.69, 9.17) is 0 Å². The zero-order valence-corrected chi connectivity index (χ0v) is 18.0. The highest BCUT2D eigenvalue weighted by Crippen LogP contribution is 2.43. The number of carbonyl (C=O) groups excluding carboxylic acids is 3. The highest BCUT2D eigenvalue weighted by atomic mass is 16.3. The third-order valence-corrected chi connectivity index (χ3v) is 6.36. The van der Waals surface area contributed by atoms with Crippen molar-refractivity contribution in [1.82, 2.24) is 14.7 Å². The Bertz CT molecular complexity index is 1000. The van der Waals surface area contributed by atoms with Crippen LogP contribution >= 0.6 is 0 Å². The Morgan fingerprint density at radius 2 is 1.61 bits per heavy atom. The first-order valence-electron chi connectivity index (χ1n) is 10.4. The van der Waals surface area contributed by atoms with Crippen molar-refractivity contribution in [2.75, 3.05) is 33.8 Å². The fourth-order valence-corrected chi connectivity index (χ4v) is 4.70. The largest absolute Gasteiger partial charge is 0.394 e. The van der Waals surface area contributed by atoms with E-state index in [-0.39, 0.29) is 48.9 Å². The van der Waals surface area contributed by atoms with Gasteiger partial charge in [-0.1, -0.05) is 36.4 Å². The second-order valence-corrected chi connectivity index (χ2v) is 8.44. The fourth-order valence-electron chi connectivity index (χ4n) is 4.70. The minimum Gasteiger partial charge on any atom is -0.394 e. The van der Waals surface area contributed by atoms with Gasteiger partial charge in [-0.2, -0.15) is 0 Å². The maximum Gasteiger partial charge on any atom is 0.253 e. The average Bonchev–Trinajstić information content (AvgIpc) is 2.75. The molecule has 3 atom stereocenters. The minimum atomic E-state index is -0.256. The van der Waals surface area contributed by atoms with Gasteiger partial charge in [0.15, 0.2) is 0 Å². The molecule has 0 spiro atoms. The van der Waals surface area contributed by atoms with Gasteiger partial charge in [0, 0.05) is 39.0 Å².